The predicted octanol–water partition coefficient (Wildman–Crippen LogP) is 7.84. The molecule has 0 radical (unpaired) electrons. The Bertz CT molecular complexity index is 309. The summed E-state index contributed by atoms with van der Waals surface area (Å²) in [6, 6.07) is 0. The summed E-state index contributed by atoms with van der Waals surface area (Å²) in [7, 11) is 2.49. The molecule has 0 saturated heterocycles. The van der Waals surface area contributed by atoms with E-state index in [0.29, 0.717) is 0 Å². The van der Waals surface area contributed by atoms with Crippen molar-refractivity contribution < 1.29 is 4.48 Å². The summed E-state index contributed by atoms with van der Waals surface area (Å²) in [5, 5.41) is 0. The van der Waals surface area contributed by atoms with E-state index in [1.807, 2.05) is 0 Å². The number of quaternary nitrogens is 1. The summed E-state index contributed by atoms with van der Waals surface area (Å²) in [5.41, 5.74) is 0. The minimum Gasteiger partial charge on any atom is -0.326 e. The number of unbranched alkanes of at least 4 members (excludes halogenated alkanes) is 6. The summed E-state index contributed by atoms with van der Waals surface area (Å²) in [6.07, 6.45) is 29.5. The molecule has 0 aromatic heterocycles. The zero-order valence-electron chi connectivity index (χ0n) is 18.5. The van der Waals surface area contributed by atoms with Gasteiger partial charge in [-0.1, -0.05) is 76.5 Å². The van der Waals surface area contributed by atoms with Gasteiger partial charge in [-0.2, -0.15) is 0 Å². The van der Waals surface area contributed by atoms with Gasteiger partial charge in [0.15, 0.2) is 0 Å². The van der Waals surface area contributed by atoms with Gasteiger partial charge in [0.25, 0.3) is 0 Å². The van der Waals surface area contributed by atoms with Crippen molar-refractivity contribution in [1.29, 1.82) is 0 Å². The van der Waals surface area contributed by atoms with Crippen molar-refractivity contribution >= 4 is 0 Å². The summed E-state index contributed by atoms with van der Waals surface area (Å²) >= 11 is 0. The molecule has 152 valence electrons. The Hall–Kier alpha value is -0.820. The standard InChI is InChI=1S/C25H48N/c1-5-8-11-14-17-20-23-26(4,24-21-18-15-12-9-6-2)25-22-19-16-13-10-7-3/h11-16H,5-10,17-25H2,1-4H3/q+1/b14-11+,15-12+,16-13+. The van der Waals surface area contributed by atoms with E-state index in [1.165, 1.54) is 101 Å². The molecular formula is C25H48N+. The molecule has 0 atom stereocenters. The van der Waals surface area contributed by atoms with Crippen molar-refractivity contribution in [3.8, 4) is 0 Å². The van der Waals surface area contributed by atoms with Gasteiger partial charge in [0.1, 0.15) is 0 Å². The molecule has 0 aromatic carbocycles. The first-order chi connectivity index (χ1) is 12.7. The number of hydrogen-bond donors (Lipinski definition) is 0. The van der Waals surface area contributed by atoms with E-state index in [0.717, 1.165) is 0 Å². The first-order valence-electron chi connectivity index (χ1n) is 11.5. The Labute approximate surface area is 165 Å². The second-order valence-corrected chi connectivity index (χ2v) is 8.00. The smallest absolute Gasteiger partial charge is 0.0787 e. The number of allylic oxidation sites excluding steroid dienone is 6. The Morgan fingerprint density at radius 3 is 1.00 bits per heavy atom. The van der Waals surface area contributed by atoms with Gasteiger partial charge in [0.05, 0.1) is 26.7 Å². The lowest BCUT2D eigenvalue weighted by Gasteiger charge is -2.35. The van der Waals surface area contributed by atoms with Crippen LogP contribution in [0.4, 0.5) is 0 Å². The molecule has 0 amide bonds. The van der Waals surface area contributed by atoms with Crippen LogP contribution in [0.25, 0.3) is 0 Å². The molecular weight excluding hydrogens is 314 g/mol. The van der Waals surface area contributed by atoms with E-state index < -0.39 is 0 Å². The Balaban J connectivity index is 4.26. The van der Waals surface area contributed by atoms with Crippen molar-refractivity contribution in [2.45, 2.75) is 97.8 Å². The minimum absolute atomic E-state index is 1.24. The number of hydrogen-bond acceptors (Lipinski definition) is 0. The molecule has 0 aromatic rings. The van der Waals surface area contributed by atoms with Crippen LogP contribution in [0, 0.1) is 0 Å². The highest BCUT2D eigenvalue weighted by atomic mass is 15.3. The number of rotatable bonds is 18. The van der Waals surface area contributed by atoms with Crippen molar-refractivity contribution in [2.24, 2.45) is 0 Å². The van der Waals surface area contributed by atoms with Crippen LogP contribution in [0.1, 0.15) is 97.8 Å². The predicted molar refractivity (Wildman–Crippen MR) is 121 cm³/mol. The van der Waals surface area contributed by atoms with Crippen molar-refractivity contribution in [3.63, 3.8) is 0 Å². The third kappa shape index (κ3) is 16.6. The van der Waals surface area contributed by atoms with Crippen molar-refractivity contribution in [1.82, 2.24) is 0 Å². The van der Waals surface area contributed by atoms with Crippen LogP contribution in [-0.2, 0) is 0 Å². The van der Waals surface area contributed by atoms with Gasteiger partial charge in [0, 0.05) is 19.3 Å². The highest BCUT2D eigenvalue weighted by molar-refractivity contribution is 4.82. The van der Waals surface area contributed by atoms with Gasteiger partial charge in [-0.3, -0.25) is 0 Å². The van der Waals surface area contributed by atoms with Gasteiger partial charge in [-0.25, -0.2) is 0 Å². The Morgan fingerprint density at radius 1 is 0.462 bits per heavy atom. The maximum Gasteiger partial charge on any atom is 0.0787 e. The largest absolute Gasteiger partial charge is 0.326 e. The van der Waals surface area contributed by atoms with Crippen molar-refractivity contribution in [2.75, 3.05) is 26.7 Å². The Kier molecular flexibility index (Phi) is 18.4. The van der Waals surface area contributed by atoms with Crippen LogP contribution in [0.15, 0.2) is 36.5 Å². The normalized spacial score (nSPS) is 12.9. The topological polar surface area (TPSA) is 0 Å². The quantitative estimate of drug-likeness (QED) is 0.132. The third-order valence-corrected chi connectivity index (χ3v) is 5.07. The highest BCUT2D eigenvalue weighted by Gasteiger charge is 2.19. The summed E-state index contributed by atoms with van der Waals surface area (Å²) in [5.74, 6) is 0. The molecule has 0 bridgehead atoms. The zero-order valence-corrected chi connectivity index (χ0v) is 18.5. The highest BCUT2D eigenvalue weighted by Crippen LogP contribution is 2.13. The molecule has 0 N–H and O–H groups in total. The minimum atomic E-state index is 1.24. The Morgan fingerprint density at radius 2 is 0.731 bits per heavy atom. The molecule has 0 aliphatic heterocycles. The van der Waals surface area contributed by atoms with Gasteiger partial charge >= 0.3 is 0 Å². The van der Waals surface area contributed by atoms with Crippen LogP contribution < -0.4 is 0 Å². The molecule has 0 unspecified atom stereocenters. The van der Waals surface area contributed by atoms with Gasteiger partial charge in [-0.15, -0.1) is 0 Å². The molecule has 26 heavy (non-hydrogen) atoms. The fraction of sp³-hybridized carbons (Fsp3) is 0.760. The molecule has 0 spiro atoms. The van der Waals surface area contributed by atoms with E-state index in [4.69, 9.17) is 0 Å². The second-order valence-electron chi connectivity index (χ2n) is 8.00. The lowest BCUT2D eigenvalue weighted by atomic mass is 10.1. The summed E-state index contributed by atoms with van der Waals surface area (Å²) in [6.45, 7) is 10.7. The molecule has 0 rings (SSSR count). The lowest BCUT2D eigenvalue weighted by molar-refractivity contribution is -0.910. The van der Waals surface area contributed by atoms with Gasteiger partial charge < -0.3 is 4.48 Å². The fourth-order valence-electron chi connectivity index (χ4n) is 3.32. The van der Waals surface area contributed by atoms with Gasteiger partial charge in [-0.05, 0) is 38.5 Å². The molecule has 0 aliphatic carbocycles. The first-order valence-corrected chi connectivity index (χ1v) is 11.5. The monoisotopic (exact) mass is 362 g/mol. The van der Waals surface area contributed by atoms with E-state index in [-0.39, 0.29) is 0 Å². The maximum atomic E-state index is 2.49. The third-order valence-electron chi connectivity index (χ3n) is 5.07. The van der Waals surface area contributed by atoms with E-state index in [1.54, 1.807) is 0 Å². The van der Waals surface area contributed by atoms with Crippen LogP contribution in [0.2, 0.25) is 0 Å². The molecule has 0 fully saturated rings. The second kappa shape index (κ2) is 19.0. The van der Waals surface area contributed by atoms with Crippen LogP contribution in [-0.4, -0.2) is 31.2 Å². The number of nitrogens with zero attached hydrogens (tertiary/aromatic N) is 1. The molecule has 0 aliphatic rings. The van der Waals surface area contributed by atoms with E-state index >= 15 is 0 Å². The molecule has 0 heterocycles. The van der Waals surface area contributed by atoms with Crippen LogP contribution in [0.3, 0.4) is 0 Å². The first kappa shape index (κ1) is 25.2. The van der Waals surface area contributed by atoms with E-state index in [2.05, 4.69) is 64.3 Å². The maximum absolute atomic E-state index is 2.49. The molecule has 1 heteroatoms. The SMILES string of the molecule is CCC/C=C/CCC[N+](C)(CCC/C=C/CCC)CCC/C=C/CCC. The molecule has 1 nitrogen and oxygen atoms in total. The average molecular weight is 363 g/mol. The van der Waals surface area contributed by atoms with Gasteiger partial charge in [0.2, 0.25) is 0 Å². The van der Waals surface area contributed by atoms with E-state index in [9.17, 15) is 0 Å². The zero-order chi connectivity index (χ0) is 19.3. The van der Waals surface area contributed by atoms with Crippen molar-refractivity contribution in [3.05, 3.63) is 36.5 Å². The summed E-state index contributed by atoms with van der Waals surface area (Å²) < 4.78 is 1.25. The van der Waals surface area contributed by atoms with Crippen LogP contribution >= 0.6 is 0 Å². The average Bonchev–Trinajstić information content (AvgIpc) is 2.64. The summed E-state index contributed by atoms with van der Waals surface area (Å²) in [4.78, 5) is 0. The van der Waals surface area contributed by atoms with Crippen LogP contribution in [0.5, 0.6) is 0 Å². The fourth-order valence-corrected chi connectivity index (χ4v) is 3.32. The molecule has 0 saturated carbocycles. The lowest BCUT2D eigenvalue weighted by Crippen LogP contribution is -2.46.